The Labute approximate surface area is 176 Å². The summed E-state index contributed by atoms with van der Waals surface area (Å²) in [5.74, 6) is -4.11. The number of carbonyl (C=O) groups is 1. The van der Waals surface area contributed by atoms with E-state index < -0.39 is 29.2 Å². The van der Waals surface area contributed by atoms with Crippen molar-refractivity contribution < 1.29 is 22.7 Å². The monoisotopic (exact) mass is 431 g/mol. The molecule has 10 heteroatoms. The number of benzene rings is 2. The van der Waals surface area contributed by atoms with Crippen LogP contribution in [0.1, 0.15) is 6.92 Å². The van der Waals surface area contributed by atoms with Gasteiger partial charge in [0.05, 0.1) is 18.0 Å². The Hall–Kier alpha value is -3.66. The van der Waals surface area contributed by atoms with E-state index in [9.17, 15) is 18.0 Å². The zero-order chi connectivity index (χ0) is 22.4. The van der Waals surface area contributed by atoms with Crippen molar-refractivity contribution >= 4 is 29.2 Å². The fourth-order valence-electron chi connectivity index (χ4n) is 2.78. The molecule has 1 aromatic heterocycles. The fourth-order valence-corrected chi connectivity index (χ4v) is 2.78. The molecule has 0 bridgehead atoms. The number of amides is 2. The van der Waals surface area contributed by atoms with Crippen LogP contribution >= 0.6 is 0 Å². The van der Waals surface area contributed by atoms with E-state index >= 15 is 0 Å². The zero-order valence-electron chi connectivity index (χ0n) is 16.8. The van der Waals surface area contributed by atoms with Gasteiger partial charge in [-0.3, -0.25) is 0 Å². The second-order valence-corrected chi connectivity index (χ2v) is 6.56. The number of halogens is 3. The molecule has 0 aliphatic carbocycles. The summed E-state index contributed by atoms with van der Waals surface area (Å²) in [5.41, 5.74) is -0.0939. The van der Waals surface area contributed by atoms with Crippen molar-refractivity contribution in [1.29, 1.82) is 0 Å². The van der Waals surface area contributed by atoms with Gasteiger partial charge in [-0.2, -0.15) is 4.98 Å². The molecule has 0 radical (unpaired) electrons. The Morgan fingerprint density at radius 2 is 1.84 bits per heavy atom. The van der Waals surface area contributed by atoms with E-state index in [0.717, 1.165) is 17.0 Å². The molecule has 0 aliphatic rings. The van der Waals surface area contributed by atoms with Crippen molar-refractivity contribution in [2.45, 2.75) is 13.0 Å². The molecule has 7 nitrogen and oxygen atoms in total. The van der Waals surface area contributed by atoms with Gasteiger partial charge in [0.2, 0.25) is 5.95 Å². The minimum atomic E-state index is -1.68. The van der Waals surface area contributed by atoms with Gasteiger partial charge in [0.15, 0.2) is 17.5 Å². The lowest BCUT2D eigenvalue weighted by molar-refractivity contribution is 0.190. The first-order valence-corrected chi connectivity index (χ1v) is 9.29. The van der Waals surface area contributed by atoms with Crippen LogP contribution in [0.5, 0.6) is 0 Å². The molecular formula is C21H20F3N5O2. The average molecular weight is 431 g/mol. The highest BCUT2D eigenvalue weighted by molar-refractivity contribution is 6.06. The number of para-hydroxylation sites is 1. The maximum Gasteiger partial charge on any atom is 0.332 e. The lowest BCUT2D eigenvalue weighted by atomic mass is 10.2. The van der Waals surface area contributed by atoms with Gasteiger partial charge < -0.3 is 15.4 Å². The van der Waals surface area contributed by atoms with Crippen molar-refractivity contribution in [2.24, 2.45) is 0 Å². The van der Waals surface area contributed by atoms with Gasteiger partial charge in [-0.05, 0) is 31.2 Å². The quantitative estimate of drug-likeness (QED) is 0.530. The summed E-state index contributed by atoms with van der Waals surface area (Å²) in [7, 11) is 1.56. The van der Waals surface area contributed by atoms with Crippen LogP contribution in [-0.2, 0) is 4.74 Å². The van der Waals surface area contributed by atoms with Crippen molar-refractivity contribution in [3.8, 4) is 0 Å². The second-order valence-electron chi connectivity index (χ2n) is 6.56. The molecule has 162 valence electrons. The number of rotatable bonds is 7. The Balaban J connectivity index is 1.95. The molecule has 3 rings (SSSR count). The number of hydrogen-bond donors (Lipinski definition) is 2. The smallest absolute Gasteiger partial charge is 0.332 e. The molecule has 3 aromatic rings. The lowest BCUT2D eigenvalue weighted by Gasteiger charge is -2.23. The van der Waals surface area contributed by atoms with Gasteiger partial charge in [0.25, 0.3) is 0 Å². The number of ether oxygens (including phenoxy) is 1. The first-order chi connectivity index (χ1) is 14.9. The van der Waals surface area contributed by atoms with Gasteiger partial charge in [-0.1, -0.05) is 18.2 Å². The summed E-state index contributed by atoms with van der Waals surface area (Å²) in [4.78, 5) is 22.7. The molecule has 0 spiro atoms. The first-order valence-electron chi connectivity index (χ1n) is 9.29. The number of aromatic nitrogens is 2. The van der Waals surface area contributed by atoms with Crippen molar-refractivity contribution in [3.05, 3.63) is 72.2 Å². The Morgan fingerprint density at radius 3 is 2.55 bits per heavy atom. The van der Waals surface area contributed by atoms with Gasteiger partial charge in [-0.25, -0.2) is 27.8 Å². The number of anilines is 4. The van der Waals surface area contributed by atoms with E-state index in [-0.39, 0.29) is 17.8 Å². The van der Waals surface area contributed by atoms with Crippen LogP contribution in [0.15, 0.2) is 54.7 Å². The van der Waals surface area contributed by atoms with Gasteiger partial charge in [0, 0.05) is 25.4 Å². The zero-order valence-corrected chi connectivity index (χ0v) is 16.8. The van der Waals surface area contributed by atoms with Crippen LogP contribution in [0.2, 0.25) is 0 Å². The number of urea groups is 1. The molecule has 0 saturated heterocycles. The van der Waals surface area contributed by atoms with Crippen LogP contribution in [0.25, 0.3) is 0 Å². The van der Waals surface area contributed by atoms with Crippen molar-refractivity contribution in [3.63, 3.8) is 0 Å². The molecule has 0 unspecified atom stereocenters. The van der Waals surface area contributed by atoms with E-state index in [2.05, 4.69) is 20.6 Å². The predicted octanol–water partition coefficient (Wildman–Crippen LogP) is 4.71. The Bertz CT molecular complexity index is 1050. The Morgan fingerprint density at radius 1 is 1.10 bits per heavy atom. The molecule has 0 aliphatic heterocycles. The molecule has 0 fully saturated rings. The standard InChI is InChI=1S/C21H20F3N5O2/c1-13(12-31-2)26-20-25-11-10-17(28-20)29(14-6-4-3-5-7-14)21(30)27-16-9-8-15(22)18(23)19(16)24/h3-11,13H,12H2,1-2H3,(H,27,30)(H,25,26,28)/t13-/m0/s1. The summed E-state index contributed by atoms with van der Waals surface area (Å²) in [6, 6.07) is 10.7. The number of nitrogens with zero attached hydrogens (tertiary/aromatic N) is 3. The van der Waals surface area contributed by atoms with Crippen LogP contribution < -0.4 is 15.5 Å². The highest BCUT2D eigenvalue weighted by Gasteiger charge is 2.23. The summed E-state index contributed by atoms with van der Waals surface area (Å²) < 4.78 is 45.9. The molecule has 31 heavy (non-hydrogen) atoms. The summed E-state index contributed by atoms with van der Waals surface area (Å²) >= 11 is 0. The van der Waals surface area contributed by atoms with Crippen LogP contribution in [0.4, 0.5) is 41.1 Å². The second kappa shape index (κ2) is 9.90. The molecule has 2 N–H and O–H groups in total. The van der Waals surface area contributed by atoms with E-state index in [1.54, 1.807) is 37.4 Å². The number of hydrogen-bond acceptors (Lipinski definition) is 5. The van der Waals surface area contributed by atoms with Crippen LogP contribution in [0, 0.1) is 17.5 Å². The summed E-state index contributed by atoms with van der Waals surface area (Å²) in [6.07, 6.45) is 1.45. The third kappa shape index (κ3) is 5.28. The van der Waals surface area contributed by atoms with E-state index in [1.165, 1.54) is 12.3 Å². The third-order valence-corrected chi connectivity index (χ3v) is 4.16. The highest BCUT2D eigenvalue weighted by Crippen LogP contribution is 2.27. The van der Waals surface area contributed by atoms with Gasteiger partial charge >= 0.3 is 6.03 Å². The SMILES string of the molecule is COC[C@H](C)Nc1nccc(N(C(=O)Nc2ccc(F)c(F)c2F)c2ccccc2)n1. The van der Waals surface area contributed by atoms with Crippen LogP contribution in [0.3, 0.4) is 0 Å². The number of carbonyl (C=O) groups excluding carboxylic acids is 1. The minimum absolute atomic E-state index is 0.101. The normalized spacial score (nSPS) is 11.6. The average Bonchev–Trinajstić information content (AvgIpc) is 2.75. The largest absolute Gasteiger partial charge is 0.383 e. The summed E-state index contributed by atoms with van der Waals surface area (Å²) in [6.45, 7) is 2.28. The molecular weight excluding hydrogens is 411 g/mol. The van der Waals surface area contributed by atoms with Crippen LogP contribution in [-0.4, -0.2) is 35.8 Å². The molecule has 0 saturated carbocycles. The van der Waals surface area contributed by atoms with Crippen molar-refractivity contribution in [1.82, 2.24) is 9.97 Å². The third-order valence-electron chi connectivity index (χ3n) is 4.16. The van der Waals surface area contributed by atoms with E-state index in [4.69, 9.17) is 4.74 Å². The topological polar surface area (TPSA) is 79.4 Å². The van der Waals surface area contributed by atoms with Crippen molar-refractivity contribution in [2.75, 3.05) is 29.3 Å². The maximum atomic E-state index is 14.1. The molecule has 1 heterocycles. The predicted molar refractivity (Wildman–Crippen MR) is 111 cm³/mol. The maximum absolute atomic E-state index is 14.1. The first kappa shape index (κ1) is 22.0. The number of methoxy groups -OCH3 is 1. The van der Waals surface area contributed by atoms with E-state index in [1.807, 2.05) is 6.92 Å². The van der Waals surface area contributed by atoms with Gasteiger partial charge in [-0.15, -0.1) is 0 Å². The molecule has 2 aromatic carbocycles. The number of nitrogens with one attached hydrogen (secondary N) is 2. The van der Waals surface area contributed by atoms with E-state index in [0.29, 0.717) is 12.3 Å². The molecule has 1 atom stereocenters. The lowest BCUT2D eigenvalue weighted by Crippen LogP contribution is -2.32. The summed E-state index contributed by atoms with van der Waals surface area (Å²) in [5, 5.41) is 5.30. The molecule has 2 amide bonds. The fraction of sp³-hybridized carbons (Fsp3) is 0.190. The highest BCUT2D eigenvalue weighted by atomic mass is 19.2. The van der Waals surface area contributed by atoms with Gasteiger partial charge in [0.1, 0.15) is 5.82 Å². The minimum Gasteiger partial charge on any atom is -0.383 e. The Kier molecular flexibility index (Phi) is 7.03.